The van der Waals surface area contributed by atoms with Crippen LogP contribution in [-0.4, -0.2) is 35.6 Å². The van der Waals surface area contributed by atoms with Gasteiger partial charge in [0.05, 0.1) is 6.61 Å². The van der Waals surface area contributed by atoms with Crippen LogP contribution in [-0.2, 0) is 9.53 Å². The Balaban J connectivity index is 2.12. The average Bonchev–Trinajstić information content (AvgIpc) is 2.75. The number of ether oxygens (including phenoxy) is 2. The summed E-state index contributed by atoms with van der Waals surface area (Å²) in [5.41, 5.74) is -0.821. The highest BCUT2D eigenvalue weighted by molar-refractivity contribution is 6.01. The van der Waals surface area contributed by atoms with Gasteiger partial charge in [-0.2, -0.15) is 10.2 Å². The molecule has 0 saturated heterocycles. The number of methoxy groups -OCH3 is 1. The number of rotatable bonds is 7. The molecule has 9 heteroatoms. The van der Waals surface area contributed by atoms with Crippen LogP contribution in [0.15, 0.2) is 59.0 Å². The lowest BCUT2D eigenvalue weighted by atomic mass is 10.1. The highest BCUT2D eigenvalue weighted by Gasteiger charge is 2.18. The van der Waals surface area contributed by atoms with Crippen molar-refractivity contribution in [3.63, 3.8) is 0 Å². The van der Waals surface area contributed by atoms with Crippen molar-refractivity contribution in [3.05, 3.63) is 76.0 Å². The lowest BCUT2D eigenvalue weighted by molar-refractivity contribution is -0.117. The average molecular weight is 408 g/mol. The van der Waals surface area contributed by atoms with Gasteiger partial charge in [-0.25, -0.2) is 4.39 Å². The first-order chi connectivity index (χ1) is 14.5. The molecule has 3 rings (SSSR count). The number of fused-ring (bicyclic) bond motifs is 1. The van der Waals surface area contributed by atoms with Crippen LogP contribution >= 0.6 is 0 Å². The van der Waals surface area contributed by atoms with Crippen molar-refractivity contribution in [3.8, 4) is 17.7 Å². The molecule has 0 radical (unpaired) electrons. The molecule has 0 aliphatic heterocycles. The first kappa shape index (κ1) is 20.7. The molecular formula is C21H17FN4O4. The molecule has 0 aliphatic carbocycles. The first-order valence-corrected chi connectivity index (χ1v) is 8.88. The van der Waals surface area contributed by atoms with Gasteiger partial charge < -0.3 is 14.8 Å². The second kappa shape index (κ2) is 9.45. The van der Waals surface area contributed by atoms with Crippen molar-refractivity contribution >= 4 is 17.6 Å². The molecule has 0 bridgehead atoms. The summed E-state index contributed by atoms with van der Waals surface area (Å²) in [6, 6.07) is 12.3. The van der Waals surface area contributed by atoms with Gasteiger partial charge in [-0.05, 0) is 30.3 Å². The molecule has 152 valence electrons. The van der Waals surface area contributed by atoms with E-state index in [4.69, 9.17) is 9.47 Å². The number of hydrogen-bond donors (Lipinski definition) is 1. The maximum atomic E-state index is 14.1. The van der Waals surface area contributed by atoms with Gasteiger partial charge in [-0.3, -0.25) is 14.0 Å². The van der Waals surface area contributed by atoms with Crippen molar-refractivity contribution in [1.82, 2.24) is 14.7 Å². The van der Waals surface area contributed by atoms with E-state index in [-0.39, 0.29) is 41.6 Å². The van der Waals surface area contributed by atoms with Crippen LogP contribution in [0.2, 0.25) is 0 Å². The number of para-hydroxylation sites is 1. The SMILES string of the molecule is COCCNC(=O)/C(C#N)=C/c1c(Oc2ccccc2F)nc2ccccn2c1=O. The van der Waals surface area contributed by atoms with Crippen LogP contribution in [0.4, 0.5) is 4.39 Å². The smallest absolute Gasteiger partial charge is 0.269 e. The molecule has 8 nitrogen and oxygen atoms in total. The number of nitrogens with zero attached hydrogens (tertiary/aromatic N) is 3. The van der Waals surface area contributed by atoms with Crippen LogP contribution in [0.1, 0.15) is 5.56 Å². The predicted molar refractivity (Wildman–Crippen MR) is 106 cm³/mol. The van der Waals surface area contributed by atoms with E-state index in [0.717, 1.165) is 6.08 Å². The Morgan fingerprint density at radius 3 is 2.80 bits per heavy atom. The quantitative estimate of drug-likeness (QED) is 0.365. The third-order valence-electron chi connectivity index (χ3n) is 4.02. The zero-order valence-corrected chi connectivity index (χ0v) is 16.0. The van der Waals surface area contributed by atoms with Gasteiger partial charge in [0.25, 0.3) is 11.5 Å². The summed E-state index contributed by atoms with van der Waals surface area (Å²) in [5, 5.41) is 11.9. The molecule has 2 heterocycles. The van der Waals surface area contributed by atoms with Gasteiger partial charge in [0.15, 0.2) is 11.6 Å². The monoisotopic (exact) mass is 408 g/mol. The predicted octanol–water partition coefficient (Wildman–Crippen LogP) is 2.30. The minimum absolute atomic E-state index is 0.151. The molecule has 2 aromatic heterocycles. The summed E-state index contributed by atoms with van der Waals surface area (Å²) in [7, 11) is 1.47. The Kier molecular flexibility index (Phi) is 6.52. The molecule has 0 unspecified atom stereocenters. The number of pyridine rings is 1. The number of benzene rings is 1. The van der Waals surface area contributed by atoms with E-state index in [0.29, 0.717) is 0 Å². The molecule has 0 fully saturated rings. The summed E-state index contributed by atoms with van der Waals surface area (Å²) in [6.07, 6.45) is 2.56. The van der Waals surface area contributed by atoms with Crippen molar-refractivity contribution in [1.29, 1.82) is 5.26 Å². The summed E-state index contributed by atoms with van der Waals surface area (Å²) >= 11 is 0. The maximum Gasteiger partial charge on any atom is 0.269 e. The summed E-state index contributed by atoms with van der Waals surface area (Å²) in [6.45, 7) is 0.439. The molecule has 1 aromatic carbocycles. The van der Waals surface area contributed by atoms with Crippen LogP contribution in [0.3, 0.4) is 0 Å². The largest absolute Gasteiger partial charge is 0.435 e. The Morgan fingerprint density at radius 2 is 2.07 bits per heavy atom. The fourth-order valence-corrected chi connectivity index (χ4v) is 2.57. The molecule has 30 heavy (non-hydrogen) atoms. The summed E-state index contributed by atoms with van der Waals surface area (Å²) in [5.74, 6) is -1.72. The number of nitriles is 1. The molecule has 0 spiro atoms. The highest BCUT2D eigenvalue weighted by Crippen LogP contribution is 2.26. The Hall–Kier alpha value is -4.03. The van der Waals surface area contributed by atoms with Gasteiger partial charge in [-0.1, -0.05) is 18.2 Å². The molecule has 0 saturated carbocycles. The van der Waals surface area contributed by atoms with E-state index < -0.39 is 17.3 Å². The van der Waals surface area contributed by atoms with Crippen LogP contribution < -0.4 is 15.6 Å². The standard InChI is InChI=1S/C21H17FN4O4/c1-29-11-9-24-19(27)14(13-23)12-15-20(30-17-7-3-2-6-16(17)22)25-18-8-4-5-10-26(18)21(15)28/h2-8,10,12H,9,11H2,1H3,(H,24,27)/b14-12+. The zero-order chi connectivity index (χ0) is 21.5. The third kappa shape index (κ3) is 4.51. The second-order valence-electron chi connectivity index (χ2n) is 6.02. The Bertz CT molecular complexity index is 1210. The maximum absolute atomic E-state index is 14.1. The number of nitrogens with one attached hydrogen (secondary N) is 1. The molecular weight excluding hydrogens is 391 g/mol. The molecule has 1 N–H and O–H groups in total. The number of carbonyl (C=O) groups excluding carboxylic acids is 1. The van der Waals surface area contributed by atoms with Crippen LogP contribution in [0.25, 0.3) is 11.7 Å². The molecule has 0 atom stereocenters. The van der Waals surface area contributed by atoms with Gasteiger partial charge in [0.2, 0.25) is 5.88 Å². The third-order valence-corrected chi connectivity index (χ3v) is 4.02. The fourth-order valence-electron chi connectivity index (χ4n) is 2.57. The minimum Gasteiger partial charge on any atom is -0.435 e. The van der Waals surface area contributed by atoms with Crippen LogP contribution in [0, 0.1) is 17.1 Å². The summed E-state index contributed by atoms with van der Waals surface area (Å²) < 4.78 is 25.7. The van der Waals surface area contributed by atoms with E-state index in [9.17, 15) is 19.2 Å². The van der Waals surface area contributed by atoms with Crippen molar-refractivity contribution in [2.24, 2.45) is 0 Å². The van der Waals surface area contributed by atoms with E-state index >= 15 is 0 Å². The zero-order valence-electron chi connectivity index (χ0n) is 16.0. The number of carbonyl (C=O) groups is 1. The van der Waals surface area contributed by atoms with Crippen LogP contribution in [0.5, 0.6) is 11.6 Å². The summed E-state index contributed by atoms with van der Waals surface area (Å²) in [4.78, 5) is 29.5. The first-order valence-electron chi connectivity index (χ1n) is 8.88. The van der Waals surface area contributed by atoms with Gasteiger partial charge in [0.1, 0.15) is 22.9 Å². The Labute approximate surface area is 170 Å². The normalized spacial score (nSPS) is 11.2. The number of halogens is 1. The highest BCUT2D eigenvalue weighted by atomic mass is 19.1. The van der Waals surface area contributed by atoms with Gasteiger partial charge >= 0.3 is 0 Å². The molecule has 1 amide bonds. The topological polar surface area (TPSA) is 106 Å². The lowest BCUT2D eigenvalue weighted by Crippen LogP contribution is -2.28. The second-order valence-corrected chi connectivity index (χ2v) is 6.02. The van der Waals surface area contributed by atoms with E-state index in [1.165, 1.54) is 35.9 Å². The van der Waals surface area contributed by atoms with Crippen molar-refractivity contribution in [2.45, 2.75) is 0 Å². The van der Waals surface area contributed by atoms with Crippen molar-refractivity contribution in [2.75, 3.05) is 20.3 Å². The Morgan fingerprint density at radius 1 is 1.30 bits per heavy atom. The fraction of sp³-hybridized carbons (Fsp3) is 0.143. The van der Waals surface area contributed by atoms with E-state index in [1.807, 2.05) is 0 Å². The van der Waals surface area contributed by atoms with Crippen molar-refractivity contribution < 1.29 is 18.7 Å². The van der Waals surface area contributed by atoms with E-state index in [1.54, 1.807) is 30.3 Å². The minimum atomic E-state index is -0.691. The molecule has 0 aliphatic rings. The van der Waals surface area contributed by atoms with Gasteiger partial charge in [0, 0.05) is 19.9 Å². The lowest BCUT2D eigenvalue weighted by Gasteiger charge is -2.11. The van der Waals surface area contributed by atoms with Gasteiger partial charge in [-0.15, -0.1) is 0 Å². The molecule has 3 aromatic rings. The number of amides is 1. The number of hydrogen-bond acceptors (Lipinski definition) is 6. The number of aromatic nitrogens is 2. The van der Waals surface area contributed by atoms with E-state index in [2.05, 4.69) is 10.3 Å².